The number of hydrogen-bond donors (Lipinski definition) is 1. The summed E-state index contributed by atoms with van der Waals surface area (Å²) in [7, 11) is 1.52. The summed E-state index contributed by atoms with van der Waals surface area (Å²) in [6, 6.07) is 0.136. The highest BCUT2D eigenvalue weighted by atomic mass is 32.2. The summed E-state index contributed by atoms with van der Waals surface area (Å²) in [6.07, 6.45) is 2.32. The normalized spacial score (nSPS) is 11.7. The number of carbonyl (C=O) groups is 1. The predicted octanol–water partition coefficient (Wildman–Crippen LogP) is 2.53. The van der Waals surface area contributed by atoms with Gasteiger partial charge in [-0.3, -0.25) is 4.79 Å². The number of methoxy groups -OCH3 is 1. The number of thioether (sulfide) groups is 1. The summed E-state index contributed by atoms with van der Waals surface area (Å²) in [6.45, 7) is 6.00. The average Bonchev–Trinajstić information content (AvgIpc) is 2.16. The predicted molar refractivity (Wildman–Crippen MR) is 65.7 cm³/mol. The van der Waals surface area contributed by atoms with E-state index in [2.05, 4.69) is 12.2 Å². The zero-order valence-corrected chi connectivity index (χ0v) is 10.8. The van der Waals surface area contributed by atoms with E-state index in [0.29, 0.717) is 5.76 Å². The molecule has 4 heteroatoms. The fraction of sp³-hybridized carbons (Fsp3) is 0.727. The minimum Gasteiger partial charge on any atom is -0.491 e. The molecule has 0 bridgehead atoms. The molecule has 0 saturated heterocycles. The molecule has 3 nitrogen and oxygen atoms in total. The maximum atomic E-state index is 11.5. The number of nitrogens with one attached hydrogen (secondary N) is 1. The fourth-order valence-electron chi connectivity index (χ4n) is 0.890. The summed E-state index contributed by atoms with van der Waals surface area (Å²) >= 11 is 1.62. The summed E-state index contributed by atoms with van der Waals surface area (Å²) in [5.41, 5.74) is 0. The van der Waals surface area contributed by atoms with Gasteiger partial charge >= 0.3 is 0 Å². The van der Waals surface area contributed by atoms with E-state index < -0.39 is 0 Å². The van der Waals surface area contributed by atoms with Gasteiger partial charge in [0.15, 0.2) is 5.76 Å². The molecule has 0 unspecified atom stereocenters. The lowest BCUT2D eigenvalue weighted by Crippen LogP contribution is -2.31. The van der Waals surface area contributed by atoms with Crippen LogP contribution in [0.5, 0.6) is 0 Å². The van der Waals surface area contributed by atoms with Gasteiger partial charge in [-0.1, -0.05) is 13.3 Å². The van der Waals surface area contributed by atoms with E-state index in [9.17, 15) is 4.79 Å². The molecule has 0 aromatic heterocycles. The highest BCUT2D eigenvalue weighted by Crippen LogP contribution is 2.10. The summed E-state index contributed by atoms with van der Waals surface area (Å²) in [4.78, 5) is 11.5. The Morgan fingerprint density at radius 2 is 2.20 bits per heavy atom. The maximum absolute atomic E-state index is 11.5. The van der Waals surface area contributed by atoms with Crippen LogP contribution in [0.25, 0.3) is 0 Å². The first kappa shape index (κ1) is 14.4. The molecule has 0 atom stereocenters. The third kappa shape index (κ3) is 7.31. The van der Waals surface area contributed by atoms with Gasteiger partial charge in [0, 0.05) is 11.4 Å². The minimum absolute atomic E-state index is 0.136. The van der Waals surface area contributed by atoms with Gasteiger partial charge in [0.25, 0.3) is 5.91 Å². The van der Waals surface area contributed by atoms with E-state index in [1.807, 2.05) is 13.8 Å². The van der Waals surface area contributed by atoms with Crippen molar-refractivity contribution in [2.75, 3.05) is 12.9 Å². The van der Waals surface area contributed by atoms with Crippen molar-refractivity contribution in [1.29, 1.82) is 0 Å². The van der Waals surface area contributed by atoms with E-state index >= 15 is 0 Å². The number of hydrogen-bond acceptors (Lipinski definition) is 3. The standard InChI is InChI=1S/C11H21NO2S/c1-5-6-7-15-8-10(14-4)11(13)12-9(2)3/h8-9H,5-7H2,1-4H3,(H,12,13)/b10-8+. The molecule has 88 valence electrons. The topological polar surface area (TPSA) is 38.3 Å². The van der Waals surface area contributed by atoms with Gasteiger partial charge in [0.05, 0.1) is 7.11 Å². The van der Waals surface area contributed by atoms with Crippen molar-refractivity contribution >= 4 is 17.7 Å². The van der Waals surface area contributed by atoms with Crippen LogP contribution < -0.4 is 5.32 Å². The number of rotatable bonds is 7. The van der Waals surface area contributed by atoms with Gasteiger partial charge in [-0.15, -0.1) is 11.8 Å². The molecular formula is C11H21NO2S. The molecule has 0 aromatic carbocycles. The SMILES string of the molecule is CCCCS/C=C(/OC)C(=O)NC(C)C. The minimum atomic E-state index is -0.142. The van der Waals surface area contributed by atoms with Crippen molar-refractivity contribution in [3.8, 4) is 0 Å². The second-order valence-electron chi connectivity index (χ2n) is 3.54. The van der Waals surface area contributed by atoms with Crippen LogP contribution in [0, 0.1) is 0 Å². The van der Waals surface area contributed by atoms with Crippen LogP contribution in [0.2, 0.25) is 0 Å². The number of unbranched alkanes of at least 4 members (excludes halogenated alkanes) is 1. The molecule has 0 aliphatic rings. The van der Waals surface area contributed by atoms with Crippen LogP contribution in [0.3, 0.4) is 0 Å². The van der Waals surface area contributed by atoms with E-state index in [-0.39, 0.29) is 11.9 Å². The highest BCUT2D eigenvalue weighted by Gasteiger charge is 2.09. The molecule has 0 rings (SSSR count). The van der Waals surface area contributed by atoms with Crippen LogP contribution in [0.15, 0.2) is 11.2 Å². The second-order valence-corrected chi connectivity index (χ2v) is 4.52. The highest BCUT2D eigenvalue weighted by molar-refractivity contribution is 8.02. The van der Waals surface area contributed by atoms with Gasteiger partial charge in [-0.25, -0.2) is 0 Å². The molecule has 0 aliphatic heterocycles. The molecule has 0 radical (unpaired) electrons. The Bertz CT molecular complexity index is 215. The lowest BCUT2D eigenvalue weighted by atomic mass is 10.4. The third-order valence-corrected chi connectivity index (χ3v) is 2.57. The van der Waals surface area contributed by atoms with Crippen molar-refractivity contribution in [3.63, 3.8) is 0 Å². The quantitative estimate of drug-likeness (QED) is 0.416. The van der Waals surface area contributed by atoms with Gasteiger partial charge in [-0.2, -0.15) is 0 Å². The van der Waals surface area contributed by atoms with Crippen LogP contribution in [-0.2, 0) is 9.53 Å². The number of amides is 1. The Labute approximate surface area is 96.6 Å². The monoisotopic (exact) mass is 231 g/mol. The average molecular weight is 231 g/mol. The molecule has 0 aromatic rings. The molecule has 15 heavy (non-hydrogen) atoms. The van der Waals surface area contributed by atoms with Gasteiger partial charge in [0.2, 0.25) is 0 Å². The molecule has 1 N–H and O–H groups in total. The van der Waals surface area contributed by atoms with Crippen molar-refractivity contribution in [2.24, 2.45) is 0 Å². The van der Waals surface area contributed by atoms with Crippen molar-refractivity contribution in [1.82, 2.24) is 5.32 Å². The van der Waals surface area contributed by atoms with E-state index in [0.717, 1.165) is 12.2 Å². The van der Waals surface area contributed by atoms with E-state index in [1.54, 1.807) is 17.2 Å². The number of ether oxygens (including phenoxy) is 1. The summed E-state index contributed by atoms with van der Waals surface area (Å²) in [5.74, 6) is 1.28. The molecule has 0 fully saturated rings. The van der Waals surface area contributed by atoms with Crippen LogP contribution in [0.4, 0.5) is 0 Å². The van der Waals surface area contributed by atoms with Crippen molar-refractivity contribution < 1.29 is 9.53 Å². The summed E-state index contributed by atoms with van der Waals surface area (Å²) in [5, 5.41) is 4.57. The molecule has 0 spiro atoms. The molecule has 0 heterocycles. The Morgan fingerprint density at radius 1 is 1.53 bits per heavy atom. The molecular weight excluding hydrogens is 210 g/mol. The van der Waals surface area contributed by atoms with Crippen LogP contribution in [-0.4, -0.2) is 24.8 Å². The molecule has 0 aliphatic carbocycles. The Balaban J connectivity index is 4.03. The third-order valence-electron chi connectivity index (χ3n) is 1.67. The lowest BCUT2D eigenvalue weighted by Gasteiger charge is -2.10. The first-order valence-electron chi connectivity index (χ1n) is 5.28. The van der Waals surface area contributed by atoms with Gasteiger partial charge in [0.1, 0.15) is 0 Å². The zero-order chi connectivity index (χ0) is 11.7. The maximum Gasteiger partial charge on any atom is 0.287 e. The Hall–Kier alpha value is -0.640. The fourth-order valence-corrected chi connectivity index (χ4v) is 1.82. The van der Waals surface area contributed by atoms with Crippen molar-refractivity contribution in [2.45, 2.75) is 39.7 Å². The van der Waals surface area contributed by atoms with E-state index in [4.69, 9.17) is 4.74 Å². The van der Waals surface area contributed by atoms with E-state index in [1.165, 1.54) is 13.5 Å². The first-order valence-corrected chi connectivity index (χ1v) is 6.33. The zero-order valence-electron chi connectivity index (χ0n) is 10.0. The van der Waals surface area contributed by atoms with Gasteiger partial charge in [-0.05, 0) is 26.0 Å². The largest absolute Gasteiger partial charge is 0.491 e. The first-order chi connectivity index (χ1) is 7.11. The van der Waals surface area contributed by atoms with Crippen LogP contribution in [0.1, 0.15) is 33.6 Å². The lowest BCUT2D eigenvalue weighted by molar-refractivity contribution is -0.120. The Kier molecular flexibility index (Phi) is 8.28. The van der Waals surface area contributed by atoms with Gasteiger partial charge < -0.3 is 10.1 Å². The molecule has 0 saturated carbocycles. The number of carbonyl (C=O) groups excluding carboxylic acids is 1. The van der Waals surface area contributed by atoms with Crippen LogP contribution >= 0.6 is 11.8 Å². The Morgan fingerprint density at radius 3 is 2.67 bits per heavy atom. The molecule has 1 amide bonds. The smallest absolute Gasteiger partial charge is 0.287 e. The second kappa shape index (κ2) is 8.65. The van der Waals surface area contributed by atoms with Crippen molar-refractivity contribution in [3.05, 3.63) is 11.2 Å². The summed E-state index contributed by atoms with van der Waals surface area (Å²) < 4.78 is 5.02.